The number of benzene rings is 2. The summed E-state index contributed by atoms with van der Waals surface area (Å²) in [4.78, 5) is 14.7. The van der Waals surface area contributed by atoms with Gasteiger partial charge in [0.05, 0.1) is 31.9 Å². The van der Waals surface area contributed by atoms with Crippen LogP contribution < -0.4 is 9.47 Å². The highest BCUT2D eigenvalue weighted by Gasteiger charge is 2.33. The van der Waals surface area contributed by atoms with Crippen LogP contribution in [0.5, 0.6) is 11.5 Å². The summed E-state index contributed by atoms with van der Waals surface area (Å²) in [5, 5.41) is 17.8. The highest BCUT2D eigenvalue weighted by atomic mass is 35.5. The number of nitriles is 1. The Kier molecular flexibility index (Phi) is 7.10. The van der Waals surface area contributed by atoms with Crippen LogP contribution in [0.1, 0.15) is 37.1 Å². The van der Waals surface area contributed by atoms with Crippen LogP contribution in [0.4, 0.5) is 0 Å². The maximum absolute atomic E-state index is 12.9. The van der Waals surface area contributed by atoms with Gasteiger partial charge in [-0.3, -0.25) is 4.79 Å². The molecule has 0 saturated heterocycles. The van der Waals surface area contributed by atoms with E-state index in [4.69, 9.17) is 30.8 Å². The molecule has 2 aromatic carbocycles. The largest absolute Gasteiger partial charge is 0.493 e. The van der Waals surface area contributed by atoms with Gasteiger partial charge in [0, 0.05) is 29.1 Å². The first-order valence-electron chi connectivity index (χ1n) is 10.7. The lowest BCUT2D eigenvalue weighted by atomic mass is 10.2. The summed E-state index contributed by atoms with van der Waals surface area (Å²) in [7, 11) is 1.52. The smallest absolute Gasteiger partial charge is 0.247 e. The van der Waals surface area contributed by atoms with Crippen LogP contribution in [0.15, 0.2) is 46.9 Å². The van der Waals surface area contributed by atoms with Crippen molar-refractivity contribution in [1.82, 2.24) is 15.1 Å². The van der Waals surface area contributed by atoms with E-state index in [9.17, 15) is 4.79 Å². The molecule has 0 spiro atoms. The van der Waals surface area contributed by atoms with Gasteiger partial charge in [0.15, 0.2) is 11.5 Å². The van der Waals surface area contributed by atoms with E-state index in [1.54, 1.807) is 35.2 Å². The predicted octanol–water partition coefficient (Wildman–Crippen LogP) is 4.62. The van der Waals surface area contributed by atoms with Crippen molar-refractivity contribution < 1.29 is 18.7 Å². The lowest BCUT2D eigenvalue weighted by Gasteiger charge is -2.20. The molecule has 0 bridgehead atoms. The number of methoxy groups -OCH3 is 1. The number of nitrogens with zero attached hydrogens (tertiary/aromatic N) is 4. The molecular weight excluding hydrogens is 444 g/mol. The van der Waals surface area contributed by atoms with Crippen LogP contribution in [0.25, 0.3) is 11.5 Å². The molecule has 0 unspecified atom stereocenters. The van der Waals surface area contributed by atoms with Crippen LogP contribution in [-0.4, -0.2) is 40.8 Å². The zero-order valence-electron chi connectivity index (χ0n) is 18.2. The Bertz CT molecular complexity index is 1150. The van der Waals surface area contributed by atoms with Crippen LogP contribution >= 0.6 is 11.6 Å². The van der Waals surface area contributed by atoms with Gasteiger partial charge in [0.1, 0.15) is 0 Å². The highest BCUT2D eigenvalue weighted by molar-refractivity contribution is 6.30. The average Bonchev–Trinajstić information content (AvgIpc) is 3.58. The fourth-order valence-electron chi connectivity index (χ4n) is 3.38. The molecule has 33 heavy (non-hydrogen) atoms. The van der Waals surface area contributed by atoms with Gasteiger partial charge in [-0.1, -0.05) is 11.6 Å². The number of hydrogen-bond donors (Lipinski definition) is 0. The molecule has 170 valence electrons. The Balaban J connectivity index is 1.31. The number of amides is 1. The number of aromatic nitrogens is 2. The number of ether oxygens (including phenoxy) is 2. The molecule has 3 aromatic rings. The van der Waals surface area contributed by atoms with Gasteiger partial charge in [-0.2, -0.15) is 5.26 Å². The number of carbonyl (C=O) groups excluding carboxylic acids is 1. The van der Waals surface area contributed by atoms with Crippen molar-refractivity contribution in [3.63, 3.8) is 0 Å². The summed E-state index contributed by atoms with van der Waals surface area (Å²) in [6, 6.07) is 14.4. The molecule has 1 amide bonds. The normalized spacial score (nSPS) is 12.8. The third-order valence-electron chi connectivity index (χ3n) is 5.26. The molecule has 1 heterocycles. The molecule has 1 aromatic heterocycles. The fraction of sp³-hybridized carbons (Fsp3) is 0.333. The van der Waals surface area contributed by atoms with Crippen molar-refractivity contribution in [2.45, 2.75) is 38.3 Å². The molecule has 0 N–H and O–H groups in total. The standard InChI is InChI=1S/C24H23ClN4O4/c1-31-21-13-16(14-26)4-11-20(21)32-12-2-3-23(30)29(19-9-10-19)15-22-27-28-24(33-22)17-5-7-18(25)8-6-17/h4-8,11,13,19H,2-3,9-10,12,15H2,1H3. The lowest BCUT2D eigenvalue weighted by Crippen LogP contribution is -2.32. The van der Waals surface area contributed by atoms with E-state index in [2.05, 4.69) is 16.3 Å². The topological polar surface area (TPSA) is 101 Å². The van der Waals surface area contributed by atoms with E-state index >= 15 is 0 Å². The number of halogens is 1. The van der Waals surface area contributed by atoms with Gasteiger partial charge < -0.3 is 18.8 Å². The van der Waals surface area contributed by atoms with E-state index in [1.165, 1.54) is 7.11 Å². The average molecular weight is 467 g/mol. The van der Waals surface area contributed by atoms with E-state index in [0.29, 0.717) is 53.3 Å². The SMILES string of the molecule is COc1cc(C#N)ccc1OCCCC(=O)N(Cc1nnc(-c2ccc(Cl)cc2)o1)C1CC1. The van der Waals surface area contributed by atoms with Crippen LogP contribution in [0, 0.1) is 11.3 Å². The Hall–Kier alpha value is -3.57. The minimum atomic E-state index is 0.0270. The molecular formula is C24H23ClN4O4. The molecule has 1 aliphatic carbocycles. The summed E-state index contributed by atoms with van der Waals surface area (Å²) in [6.45, 7) is 0.641. The van der Waals surface area contributed by atoms with Crippen molar-refractivity contribution in [3.8, 4) is 29.0 Å². The number of rotatable bonds is 10. The Morgan fingerprint density at radius 2 is 2.00 bits per heavy atom. The minimum absolute atomic E-state index is 0.0270. The van der Waals surface area contributed by atoms with Gasteiger partial charge in [-0.25, -0.2) is 0 Å². The molecule has 4 rings (SSSR count). The van der Waals surface area contributed by atoms with Gasteiger partial charge >= 0.3 is 0 Å². The maximum Gasteiger partial charge on any atom is 0.247 e. The minimum Gasteiger partial charge on any atom is -0.493 e. The summed E-state index contributed by atoms with van der Waals surface area (Å²) >= 11 is 5.93. The molecule has 9 heteroatoms. The molecule has 0 radical (unpaired) electrons. The zero-order chi connectivity index (χ0) is 23.2. The van der Waals surface area contributed by atoms with Crippen LogP contribution in [0.3, 0.4) is 0 Å². The van der Waals surface area contributed by atoms with Crippen molar-refractivity contribution in [3.05, 3.63) is 58.9 Å². The molecule has 0 aliphatic heterocycles. The first-order chi connectivity index (χ1) is 16.1. The van der Waals surface area contributed by atoms with Crippen LogP contribution in [0.2, 0.25) is 5.02 Å². The molecule has 1 fully saturated rings. The molecule has 8 nitrogen and oxygen atoms in total. The van der Waals surface area contributed by atoms with E-state index in [-0.39, 0.29) is 18.5 Å². The summed E-state index contributed by atoms with van der Waals surface area (Å²) in [5.41, 5.74) is 1.27. The van der Waals surface area contributed by atoms with Crippen molar-refractivity contribution in [2.75, 3.05) is 13.7 Å². The molecule has 0 atom stereocenters. The summed E-state index contributed by atoms with van der Waals surface area (Å²) in [5.74, 6) is 1.86. The quantitative estimate of drug-likeness (QED) is 0.401. The third-order valence-corrected chi connectivity index (χ3v) is 5.51. The molecule has 1 saturated carbocycles. The van der Waals surface area contributed by atoms with Gasteiger partial charge in [0.25, 0.3) is 0 Å². The Labute approximate surface area is 196 Å². The number of carbonyl (C=O) groups is 1. The summed E-state index contributed by atoms with van der Waals surface area (Å²) < 4.78 is 16.8. The second kappa shape index (κ2) is 10.4. The lowest BCUT2D eigenvalue weighted by molar-refractivity contribution is -0.133. The monoisotopic (exact) mass is 466 g/mol. The third kappa shape index (κ3) is 5.82. The highest BCUT2D eigenvalue weighted by Crippen LogP contribution is 2.30. The fourth-order valence-corrected chi connectivity index (χ4v) is 3.51. The van der Waals surface area contributed by atoms with Crippen molar-refractivity contribution in [1.29, 1.82) is 5.26 Å². The molecule has 1 aliphatic rings. The number of hydrogen-bond acceptors (Lipinski definition) is 7. The van der Waals surface area contributed by atoms with E-state index < -0.39 is 0 Å². The maximum atomic E-state index is 12.9. The van der Waals surface area contributed by atoms with Crippen molar-refractivity contribution in [2.24, 2.45) is 0 Å². The first-order valence-corrected chi connectivity index (χ1v) is 11.0. The van der Waals surface area contributed by atoms with Crippen molar-refractivity contribution >= 4 is 17.5 Å². The second-order valence-corrected chi connectivity index (χ2v) is 8.13. The van der Waals surface area contributed by atoms with Crippen LogP contribution in [-0.2, 0) is 11.3 Å². The predicted molar refractivity (Wildman–Crippen MR) is 121 cm³/mol. The summed E-state index contributed by atoms with van der Waals surface area (Å²) in [6.07, 6.45) is 2.84. The second-order valence-electron chi connectivity index (χ2n) is 7.69. The Morgan fingerprint density at radius 3 is 2.70 bits per heavy atom. The van der Waals surface area contributed by atoms with E-state index in [1.807, 2.05) is 12.1 Å². The van der Waals surface area contributed by atoms with Gasteiger partial charge in [-0.15, -0.1) is 10.2 Å². The van der Waals surface area contributed by atoms with Gasteiger partial charge in [-0.05, 0) is 55.7 Å². The van der Waals surface area contributed by atoms with Gasteiger partial charge in [0.2, 0.25) is 17.7 Å². The van der Waals surface area contributed by atoms with E-state index in [0.717, 1.165) is 18.4 Å². The Morgan fingerprint density at radius 1 is 1.21 bits per heavy atom. The first kappa shape index (κ1) is 22.6. The zero-order valence-corrected chi connectivity index (χ0v) is 18.9.